The zero-order valence-corrected chi connectivity index (χ0v) is 11.8. The van der Waals surface area contributed by atoms with Crippen molar-refractivity contribution in [3.63, 3.8) is 0 Å². The molecule has 0 fully saturated rings. The van der Waals surface area contributed by atoms with E-state index in [0.717, 1.165) is 18.7 Å². The highest BCUT2D eigenvalue weighted by molar-refractivity contribution is 7.80. The van der Waals surface area contributed by atoms with E-state index >= 15 is 0 Å². The maximum atomic E-state index is 5.26. The number of para-hydroxylation sites is 1. The highest BCUT2D eigenvalue weighted by Crippen LogP contribution is 2.07. The molecule has 0 saturated heterocycles. The second-order valence-corrected chi connectivity index (χ2v) is 4.83. The number of thiocarbonyl (C=S) groups is 1. The lowest BCUT2D eigenvalue weighted by Crippen LogP contribution is -2.30. The fraction of sp³-hybridized carbons (Fsp3) is 0.188. The van der Waals surface area contributed by atoms with Crippen molar-refractivity contribution in [2.45, 2.75) is 13.3 Å². The van der Waals surface area contributed by atoms with Crippen LogP contribution in [-0.4, -0.2) is 11.7 Å². The molecule has 0 amide bonds. The third-order valence-electron chi connectivity index (χ3n) is 2.97. The fourth-order valence-corrected chi connectivity index (χ4v) is 2.12. The SMILES string of the molecule is Cc1ccccc1CCNC(=S)Nc1ccccc1. The van der Waals surface area contributed by atoms with Crippen molar-refractivity contribution in [3.05, 3.63) is 65.7 Å². The molecule has 0 aliphatic rings. The van der Waals surface area contributed by atoms with Gasteiger partial charge in [0.15, 0.2) is 5.11 Å². The maximum absolute atomic E-state index is 5.26. The molecule has 2 aromatic rings. The minimum Gasteiger partial charge on any atom is -0.362 e. The lowest BCUT2D eigenvalue weighted by Gasteiger charge is -2.11. The highest BCUT2D eigenvalue weighted by Gasteiger charge is 1.99. The monoisotopic (exact) mass is 270 g/mol. The zero-order chi connectivity index (χ0) is 13.5. The van der Waals surface area contributed by atoms with Crippen molar-refractivity contribution in [1.29, 1.82) is 0 Å². The Morgan fingerprint density at radius 1 is 1.00 bits per heavy atom. The topological polar surface area (TPSA) is 24.1 Å². The smallest absolute Gasteiger partial charge is 0.170 e. The first-order valence-corrected chi connectivity index (χ1v) is 6.81. The van der Waals surface area contributed by atoms with Gasteiger partial charge in [0.2, 0.25) is 0 Å². The van der Waals surface area contributed by atoms with E-state index in [1.165, 1.54) is 11.1 Å². The first-order valence-electron chi connectivity index (χ1n) is 6.40. The van der Waals surface area contributed by atoms with Gasteiger partial charge in [0.05, 0.1) is 0 Å². The minimum absolute atomic E-state index is 0.666. The van der Waals surface area contributed by atoms with Crippen molar-refractivity contribution in [2.24, 2.45) is 0 Å². The molecule has 0 spiro atoms. The summed E-state index contributed by atoms with van der Waals surface area (Å²) in [7, 11) is 0. The summed E-state index contributed by atoms with van der Waals surface area (Å²) in [6, 6.07) is 18.4. The molecule has 0 unspecified atom stereocenters. The molecule has 0 bridgehead atoms. The van der Waals surface area contributed by atoms with Gasteiger partial charge in [0, 0.05) is 12.2 Å². The predicted octanol–water partition coefficient (Wildman–Crippen LogP) is 3.52. The quantitative estimate of drug-likeness (QED) is 0.831. The molecule has 2 aromatic carbocycles. The molecule has 2 nitrogen and oxygen atoms in total. The summed E-state index contributed by atoms with van der Waals surface area (Å²) in [5, 5.41) is 7.06. The van der Waals surface area contributed by atoms with Crippen LogP contribution >= 0.6 is 12.2 Å². The van der Waals surface area contributed by atoms with Gasteiger partial charge in [-0.05, 0) is 48.8 Å². The number of hydrogen-bond donors (Lipinski definition) is 2. The number of anilines is 1. The first kappa shape index (κ1) is 13.6. The molecule has 98 valence electrons. The Labute approximate surface area is 119 Å². The average Bonchev–Trinajstić information content (AvgIpc) is 2.42. The molecule has 0 heterocycles. The lowest BCUT2D eigenvalue weighted by molar-refractivity contribution is 0.868. The normalized spacial score (nSPS) is 9.95. The number of aryl methyl sites for hydroxylation is 1. The number of nitrogens with one attached hydrogen (secondary N) is 2. The first-order chi connectivity index (χ1) is 9.25. The van der Waals surface area contributed by atoms with Gasteiger partial charge >= 0.3 is 0 Å². The molecule has 0 atom stereocenters. The summed E-state index contributed by atoms with van der Waals surface area (Å²) < 4.78 is 0. The van der Waals surface area contributed by atoms with E-state index in [0.29, 0.717) is 5.11 Å². The van der Waals surface area contributed by atoms with Crippen LogP contribution in [0.1, 0.15) is 11.1 Å². The van der Waals surface area contributed by atoms with E-state index in [-0.39, 0.29) is 0 Å². The van der Waals surface area contributed by atoms with E-state index in [9.17, 15) is 0 Å². The Morgan fingerprint density at radius 3 is 2.42 bits per heavy atom. The Kier molecular flexibility index (Phi) is 4.93. The van der Waals surface area contributed by atoms with Gasteiger partial charge in [-0.2, -0.15) is 0 Å². The number of hydrogen-bond acceptors (Lipinski definition) is 1. The van der Waals surface area contributed by atoms with Gasteiger partial charge in [0.25, 0.3) is 0 Å². The second kappa shape index (κ2) is 6.90. The van der Waals surface area contributed by atoms with E-state index in [2.05, 4.69) is 41.8 Å². The fourth-order valence-electron chi connectivity index (χ4n) is 1.90. The molecule has 0 aliphatic carbocycles. The summed E-state index contributed by atoms with van der Waals surface area (Å²) in [5.41, 5.74) is 3.69. The van der Waals surface area contributed by atoms with Crippen molar-refractivity contribution in [2.75, 3.05) is 11.9 Å². The zero-order valence-electron chi connectivity index (χ0n) is 11.0. The summed E-state index contributed by atoms with van der Waals surface area (Å²) in [5.74, 6) is 0. The molecule has 0 aliphatic heterocycles. The second-order valence-electron chi connectivity index (χ2n) is 4.42. The van der Waals surface area contributed by atoms with Crippen molar-refractivity contribution >= 4 is 23.0 Å². The Hall–Kier alpha value is -1.87. The molecular weight excluding hydrogens is 252 g/mol. The van der Waals surface area contributed by atoms with Crippen LogP contribution in [-0.2, 0) is 6.42 Å². The van der Waals surface area contributed by atoms with Gasteiger partial charge < -0.3 is 10.6 Å². The molecule has 0 saturated carbocycles. The highest BCUT2D eigenvalue weighted by atomic mass is 32.1. The van der Waals surface area contributed by atoms with Crippen LogP contribution in [0.3, 0.4) is 0 Å². The third-order valence-corrected chi connectivity index (χ3v) is 3.22. The van der Waals surface area contributed by atoms with E-state index in [1.54, 1.807) is 0 Å². The molecule has 0 radical (unpaired) electrons. The van der Waals surface area contributed by atoms with Gasteiger partial charge in [-0.25, -0.2) is 0 Å². The van der Waals surface area contributed by atoms with Gasteiger partial charge in [-0.15, -0.1) is 0 Å². The molecular formula is C16H18N2S. The summed E-state index contributed by atoms with van der Waals surface area (Å²) in [6.07, 6.45) is 0.975. The van der Waals surface area contributed by atoms with E-state index in [1.807, 2.05) is 30.3 Å². The molecule has 19 heavy (non-hydrogen) atoms. The largest absolute Gasteiger partial charge is 0.362 e. The number of rotatable bonds is 4. The van der Waals surface area contributed by atoms with E-state index in [4.69, 9.17) is 12.2 Å². The van der Waals surface area contributed by atoms with Crippen molar-refractivity contribution in [1.82, 2.24) is 5.32 Å². The van der Waals surface area contributed by atoms with Crippen LogP contribution < -0.4 is 10.6 Å². The van der Waals surface area contributed by atoms with Crippen LogP contribution in [0.2, 0.25) is 0 Å². The molecule has 0 aromatic heterocycles. The maximum Gasteiger partial charge on any atom is 0.170 e. The summed E-state index contributed by atoms with van der Waals surface area (Å²) >= 11 is 5.26. The van der Waals surface area contributed by atoms with E-state index < -0.39 is 0 Å². The van der Waals surface area contributed by atoms with Crippen LogP contribution in [0, 0.1) is 6.92 Å². The van der Waals surface area contributed by atoms with Gasteiger partial charge in [-0.1, -0.05) is 42.5 Å². The van der Waals surface area contributed by atoms with Crippen LogP contribution in [0.5, 0.6) is 0 Å². The summed E-state index contributed by atoms with van der Waals surface area (Å²) in [6.45, 7) is 2.97. The van der Waals surface area contributed by atoms with Crippen LogP contribution in [0.15, 0.2) is 54.6 Å². The van der Waals surface area contributed by atoms with Crippen molar-refractivity contribution < 1.29 is 0 Å². The average molecular weight is 270 g/mol. The third kappa shape index (κ3) is 4.38. The Bertz CT molecular complexity index is 537. The Morgan fingerprint density at radius 2 is 1.68 bits per heavy atom. The molecule has 2 rings (SSSR count). The molecule has 3 heteroatoms. The lowest BCUT2D eigenvalue weighted by atomic mass is 10.1. The Balaban J connectivity index is 1.77. The number of benzene rings is 2. The van der Waals surface area contributed by atoms with Gasteiger partial charge in [-0.3, -0.25) is 0 Å². The van der Waals surface area contributed by atoms with Crippen LogP contribution in [0.25, 0.3) is 0 Å². The van der Waals surface area contributed by atoms with Crippen molar-refractivity contribution in [3.8, 4) is 0 Å². The summed E-state index contributed by atoms with van der Waals surface area (Å²) in [4.78, 5) is 0. The standard InChI is InChI=1S/C16H18N2S/c1-13-7-5-6-8-14(13)11-12-17-16(19)18-15-9-3-2-4-10-15/h2-10H,11-12H2,1H3,(H2,17,18,19). The van der Waals surface area contributed by atoms with Crippen LogP contribution in [0.4, 0.5) is 5.69 Å². The molecule has 2 N–H and O–H groups in total. The minimum atomic E-state index is 0.666. The predicted molar refractivity (Wildman–Crippen MR) is 85.5 cm³/mol. The van der Waals surface area contributed by atoms with Gasteiger partial charge in [0.1, 0.15) is 0 Å².